The van der Waals surface area contributed by atoms with Gasteiger partial charge in [0.1, 0.15) is 0 Å². The van der Waals surface area contributed by atoms with Crippen LogP contribution in [0, 0.1) is 0 Å². The van der Waals surface area contributed by atoms with Gasteiger partial charge < -0.3 is 5.32 Å². The molecule has 0 bridgehead atoms. The number of rotatable bonds is 4. The summed E-state index contributed by atoms with van der Waals surface area (Å²) in [6, 6.07) is 14.8. The summed E-state index contributed by atoms with van der Waals surface area (Å²) in [4.78, 5) is 4.30. The van der Waals surface area contributed by atoms with Gasteiger partial charge in [-0.15, -0.1) is 0 Å². The Morgan fingerprint density at radius 3 is 2.82 bits per heavy atom. The highest BCUT2D eigenvalue weighted by molar-refractivity contribution is 5.40. The molecule has 0 fully saturated rings. The minimum Gasteiger partial charge on any atom is -0.311 e. The molecule has 3 rings (SSSR count). The number of pyridine rings is 1. The maximum atomic E-state index is 4.30. The number of nitrogens with zero attached hydrogens (tertiary/aromatic N) is 1. The molecule has 17 heavy (non-hydrogen) atoms. The van der Waals surface area contributed by atoms with E-state index in [0.717, 1.165) is 18.8 Å². The summed E-state index contributed by atoms with van der Waals surface area (Å²) in [6.45, 7) is 1.91. The molecule has 1 aromatic heterocycles. The first-order chi connectivity index (χ1) is 8.43. The lowest BCUT2D eigenvalue weighted by atomic mass is 9.77. The zero-order chi connectivity index (χ0) is 11.5. The molecule has 2 heteroatoms. The summed E-state index contributed by atoms with van der Waals surface area (Å²) < 4.78 is 0. The predicted molar refractivity (Wildman–Crippen MR) is 68.8 cm³/mol. The molecule has 0 saturated heterocycles. The van der Waals surface area contributed by atoms with Crippen LogP contribution in [0.4, 0.5) is 0 Å². The van der Waals surface area contributed by atoms with E-state index in [2.05, 4.69) is 40.6 Å². The van der Waals surface area contributed by atoms with E-state index >= 15 is 0 Å². The number of fused-ring (bicyclic) bond motifs is 1. The smallest absolute Gasteiger partial charge is 0.0541 e. The molecule has 2 aromatic rings. The van der Waals surface area contributed by atoms with Crippen molar-refractivity contribution in [3.63, 3.8) is 0 Å². The van der Waals surface area contributed by atoms with E-state index in [1.54, 1.807) is 0 Å². The molecule has 1 heterocycles. The lowest BCUT2D eigenvalue weighted by Gasteiger charge is -2.30. The van der Waals surface area contributed by atoms with Crippen LogP contribution in [0.1, 0.15) is 22.7 Å². The maximum Gasteiger partial charge on any atom is 0.0541 e. The molecule has 0 amide bonds. The molecular weight excluding hydrogens is 208 g/mol. The van der Waals surface area contributed by atoms with Crippen LogP contribution in [0.2, 0.25) is 0 Å². The fourth-order valence-electron chi connectivity index (χ4n) is 2.42. The van der Waals surface area contributed by atoms with Crippen LogP contribution < -0.4 is 5.32 Å². The van der Waals surface area contributed by atoms with Gasteiger partial charge in [-0.25, -0.2) is 0 Å². The summed E-state index contributed by atoms with van der Waals surface area (Å²) in [7, 11) is 0. The largest absolute Gasteiger partial charge is 0.311 e. The first-order valence-corrected chi connectivity index (χ1v) is 6.12. The monoisotopic (exact) mass is 224 g/mol. The van der Waals surface area contributed by atoms with Crippen LogP contribution in [-0.2, 0) is 13.0 Å². The zero-order valence-corrected chi connectivity index (χ0v) is 9.76. The molecule has 1 atom stereocenters. The van der Waals surface area contributed by atoms with Gasteiger partial charge in [-0.2, -0.15) is 0 Å². The normalized spacial score (nSPS) is 17.3. The minimum atomic E-state index is 0.690. The molecule has 1 aliphatic rings. The lowest BCUT2D eigenvalue weighted by molar-refractivity contribution is 0.532. The number of hydrogen-bond donors (Lipinski definition) is 1. The minimum absolute atomic E-state index is 0.690. The SMILES string of the molecule is c1ccc(CNCC2Cc3ccccc32)nc1. The van der Waals surface area contributed by atoms with Crippen molar-refractivity contribution < 1.29 is 0 Å². The highest BCUT2D eigenvalue weighted by Crippen LogP contribution is 2.33. The number of hydrogen-bond acceptors (Lipinski definition) is 2. The third-order valence-corrected chi connectivity index (χ3v) is 3.38. The Morgan fingerprint density at radius 2 is 2.00 bits per heavy atom. The zero-order valence-electron chi connectivity index (χ0n) is 9.76. The Bertz CT molecular complexity index is 493. The van der Waals surface area contributed by atoms with Crippen molar-refractivity contribution in [1.82, 2.24) is 10.3 Å². The van der Waals surface area contributed by atoms with E-state index in [4.69, 9.17) is 0 Å². The molecule has 86 valence electrons. The highest BCUT2D eigenvalue weighted by atomic mass is 14.9. The number of nitrogens with one attached hydrogen (secondary N) is 1. The molecular formula is C15H16N2. The van der Waals surface area contributed by atoms with Crippen molar-refractivity contribution in [2.75, 3.05) is 6.54 Å². The summed E-state index contributed by atoms with van der Waals surface area (Å²) in [5.74, 6) is 0.690. The van der Waals surface area contributed by atoms with Gasteiger partial charge in [0, 0.05) is 25.2 Å². The van der Waals surface area contributed by atoms with Crippen molar-refractivity contribution in [2.45, 2.75) is 18.9 Å². The number of benzene rings is 1. The van der Waals surface area contributed by atoms with E-state index in [9.17, 15) is 0 Å². The van der Waals surface area contributed by atoms with E-state index in [1.165, 1.54) is 17.5 Å². The Morgan fingerprint density at radius 1 is 1.12 bits per heavy atom. The average molecular weight is 224 g/mol. The van der Waals surface area contributed by atoms with Gasteiger partial charge in [0.25, 0.3) is 0 Å². The second-order valence-electron chi connectivity index (χ2n) is 4.55. The van der Waals surface area contributed by atoms with Gasteiger partial charge in [0.2, 0.25) is 0 Å². The van der Waals surface area contributed by atoms with Crippen LogP contribution in [-0.4, -0.2) is 11.5 Å². The third kappa shape index (κ3) is 2.22. The summed E-state index contributed by atoms with van der Waals surface area (Å²) in [5.41, 5.74) is 4.14. The van der Waals surface area contributed by atoms with Gasteiger partial charge in [-0.1, -0.05) is 30.3 Å². The summed E-state index contributed by atoms with van der Waals surface area (Å²) in [6.07, 6.45) is 3.06. The van der Waals surface area contributed by atoms with Gasteiger partial charge in [0.15, 0.2) is 0 Å². The van der Waals surface area contributed by atoms with Gasteiger partial charge in [0.05, 0.1) is 5.69 Å². The first-order valence-electron chi connectivity index (χ1n) is 6.12. The van der Waals surface area contributed by atoms with Crippen molar-refractivity contribution in [3.05, 3.63) is 65.5 Å². The Hall–Kier alpha value is -1.67. The molecule has 0 spiro atoms. The van der Waals surface area contributed by atoms with Gasteiger partial charge in [-0.05, 0) is 29.7 Å². The molecule has 1 aromatic carbocycles. The molecule has 2 nitrogen and oxygen atoms in total. The Labute approximate surface area is 102 Å². The van der Waals surface area contributed by atoms with Gasteiger partial charge >= 0.3 is 0 Å². The Balaban J connectivity index is 1.51. The van der Waals surface area contributed by atoms with E-state index in [-0.39, 0.29) is 0 Å². The standard InChI is InChI=1S/C15H16N2/c1-2-7-15-12(5-1)9-13(15)10-16-11-14-6-3-4-8-17-14/h1-8,13,16H,9-11H2. The van der Waals surface area contributed by atoms with Crippen molar-refractivity contribution in [3.8, 4) is 0 Å². The maximum absolute atomic E-state index is 4.30. The topological polar surface area (TPSA) is 24.9 Å². The molecule has 1 N–H and O–H groups in total. The van der Waals surface area contributed by atoms with Crippen LogP contribution in [0.25, 0.3) is 0 Å². The molecule has 0 radical (unpaired) electrons. The van der Waals surface area contributed by atoms with Gasteiger partial charge in [-0.3, -0.25) is 4.98 Å². The molecule has 0 saturated carbocycles. The Kier molecular flexibility index (Phi) is 2.88. The van der Waals surface area contributed by atoms with E-state index in [1.807, 2.05) is 18.3 Å². The average Bonchev–Trinajstić information content (AvgIpc) is 2.36. The van der Waals surface area contributed by atoms with E-state index < -0.39 is 0 Å². The van der Waals surface area contributed by atoms with Crippen LogP contribution in [0.15, 0.2) is 48.7 Å². The molecule has 0 aliphatic heterocycles. The van der Waals surface area contributed by atoms with Crippen molar-refractivity contribution in [1.29, 1.82) is 0 Å². The van der Waals surface area contributed by atoms with Crippen LogP contribution >= 0.6 is 0 Å². The second kappa shape index (κ2) is 4.68. The van der Waals surface area contributed by atoms with E-state index in [0.29, 0.717) is 5.92 Å². The van der Waals surface area contributed by atoms with Crippen molar-refractivity contribution in [2.24, 2.45) is 0 Å². The first kappa shape index (κ1) is 10.5. The van der Waals surface area contributed by atoms with Crippen molar-refractivity contribution >= 4 is 0 Å². The molecule has 1 aliphatic carbocycles. The van der Waals surface area contributed by atoms with Crippen LogP contribution in [0.3, 0.4) is 0 Å². The summed E-state index contributed by atoms with van der Waals surface area (Å²) >= 11 is 0. The predicted octanol–water partition coefficient (Wildman–Crippen LogP) is 2.51. The highest BCUT2D eigenvalue weighted by Gasteiger charge is 2.24. The van der Waals surface area contributed by atoms with Crippen LogP contribution in [0.5, 0.6) is 0 Å². The quantitative estimate of drug-likeness (QED) is 0.863. The lowest BCUT2D eigenvalue weighted by Crippen LogP contribution is -2.28. The fourth-order valence-corrected chi connectivity index (χ4v) is 2.42. The second-order valence-corrected chi connectivity index (χ2v) is 4.55. The summed E-state index contributed by atoms with van der Waals surface area (Å²) in [5, 5.41) is 3.48. The third-order valence-electron chi connectivity index (χ3n) is 3.38. The molecule has 1 unspecified atom stereocenters. The fraction of sp³-hybridized carbons (Fsp3) is 0.267. The number of aromatic nitrogens is 1.